The molecule has 0 radical (unpaired) electrons. The van der Waals surface area contributed by atoms with Crippen LogP contribution in [0.1, 0.15) is 40.0 Å². The van der Waals surface area contributed by atoms with Gasteiger partial charge in [0, 0.05) is 22.4 Å². The van der Waals surface area contributed by atoms with E-state index in [1.807, 2.05) is 36.4 Å². The fourth-order valence-electron chi connectivity index (χ4n) is 4.17. The first-order valence-electron chi connectivity index (χ1n) is 9.92. The van der Waals surface area contributed by atoms with E-state index >= 15 is 0 Å². The fraction of sp³-hybridized carbons (Fsp3) is 0.250. The molecule has 0 saturated carbocycles. The Morgan fingerprint density at radius 1 is 0.964 bits per heavy atom. The number of carbonyl (C=O) groups excluding carboxylic acids is 1. The van der Waals surface area contributed by atoms with Crippen LogP contribution in [0.3, 0.4) is 0 Å². The molecule has 1 N–H and O–H groups in total. The van der Waals surface area contributed by atoms with Crippen molar-refractivity contribution in [2.24, 2.45) is 4.99 Å². The van der Waals surface area contributed by atoms with Crippen LogP contribution in [0.4, 0.5) is 5.00 Å². The zero-order chi connectivity index (χ0) is 18.9. The lowest BCUT2D eigenvalue weighted by Gasteiger charge is -2.15. The van der Waals surface area contributed by atoms with E-state index in [4.69, 9.17) is 4.99 Å². The lowest BCUT2D eigenvalue weighted by atomic mass is 9.91. The van der Waals surface area contributed by atoms with Gasteiger partial charge < -0.3 is 5.32 Å². The largest absolute Gasteiger partial charge is 0.315 e. The summed E-state index contributed by atoms with van der Waals surface area (Å²) in [4.78, 5) is 19.5. The molecular weight excluding hydrogens is 364 g/mol. The predicted octanol–water partition coefficient (Wildman–Crippen LogP) is 5.03. The zero-order valence-electron chi connectivity index (χ0n) is 15.7. The lowest BCUT2D eigenvalue weighted by molar-refractivity contribution is -0.117. The summed E-state index contributed by atoms with van der Waals surface area (Å²) < 4.78 is 0. The number of rotatable bonds is 3. The lowest BCUT2D eigenvalue weighted by Crippen LogP contribution is -2.27. The highest BCUT2D eigenvalue weighted by Gasteiger charge is 2.31. The van der Waals surface area contributed by atoms with E-state index in [2.05, 4.69) is 29.6 Å². The minimum atomic E-state index is -0.420. The summed E-state index contributed by atoms with van der Waals surface area (Å²) in [7, 11) is 0. The summed E-state index contributed by atoms with van der Waals surface area (Å²) in [6.07, 6.45) is 5.24. The number of anilines is 1. The van der Waals surface area contributed by atoms with Crippen LogP contribution < -0.4 is 5.32 Å². The van der Waals surface area contributed by atoms with Gasteiger partial charge >= 0.3 is 0 Å². The molecule has 1 amide bonds. The van der Waals surface area contributed by atoms with Crippen LogP contribution >= 0.6 is 11.3 Å². The number of aryl methyl sites for hydroxylation is 1. The van der Waals surface area contributed by atoms with Crippen molar-refractivity contribution in [2.45, 2.75) is 38.1 Å². The van der Waals surface area contributed by atoms with Crippen molar-refractivity contribution in [3.63, 3.8) is 0 Å². The first-order chi connectivity index (χ1) is 13.8. The molecule has 28 heavy (non-hydrogen) atoms. The van der Waals surface area contributed by atoms with Gasteiger partial charge in [-0.25, -0.2) is 0 Å². The third-order valence-corrected chi connectivity index (χ3v) is 6.76. The molecule has 3 aromatic rings. The van der Waals surface area contributed by atoms with Crippen LogP contribution in [-0.2, 0) is 24.1 Å². The Morgan fingerprint density at radius 3 is 2.46 bits per heavy atom. The minimum absolute atomic E-state index is 0.00497. The van der Waals surface area contributed by atoms with Gasteiger partial charge in [0.25, 0.3) is 0 Å². The summed E-state index contributed by atoms with van der Waals surface area (Å²) in [6, 6.07) is 20.0. The average Bonchev–Trinajstić information content (AvgIpc) is 3.03. The summed E-state index contributed by atoms with van der Waals surface area (Å²) in [6.45, 7) is 0. The number of nitrogens with one attached hydrogen (secondary N) is 1. The number of nitrogens with zero attached hydrogens (tertiary/aromatic N) is 1. The molecule has 2 aromatic carbocycles. The number of thiophene rings is 1. The molecule has 140 valence electrons. The Balaban J connectivity index is 1.64. The summed E-state index contributed by atoms with van der Waals surface area (Å²) in [5, 5.41) is 4.20. The third kappa shape index (κ3) is 3.18. The molecule has 2 heterocycles. The standard InChI is InChI=1S/C24H22N2OS/c27-23-19(15-16-9-3-1-4-10-16)25-22(17-11-5-2-6-12-17)21-18-13-7-8-14-20(18)28-24(21)26-23/h1-6,9-12,19H,7-8,13-15H2,(H,26,27)/t19-/m0/s1. The van der Waals surface area contributed by atoms with Crippen molar-refractivity contribution in [2.75, 3.05) is 5.32 Å². The van der Waals surface area contributed by atoms with Gasteiger partial charge in [-0.15, -0.1) is 11.3 Å². The quantitative estimate of drug-likeness (QED) is 0.674. The van der Waals surface area contributed by atoms with Gasteiger partial charge in [-0.3, -0.25) is 9.79 Å². The number of amides is 1. The second-order valence-electron chi connectivity index (χ2n) is 7.45. The Kier molecular flexibility index (Phi) is 4.57. The SMILES string of the molecule is O=C1Nc2sc3c(c2C(c2ccccc2)=N[C@H]1Cc1ccccc1)CCCC3. The highest BCUT2D eigenvalue weighted by molar-refractivity contribution is 7.17. The Hall–Kier alpha value is -2.72. The highest BCUT2D eigenvalue weighted by atomic mass is 32.1. The number of hydrogen-bond donors (Lipinski definition) is 1. The highest BCUT2D eigenvalue weighted by Crippen LogP contribution is 2.41. The molecule has 0 fully saturated rings. The van der Waals surface area contributed by atoms with E-state index < -0.39 is 6.04 Å². The molecule has 0 saturated heterocycles. The first-order valence-corrected chi connectivity index (χ1v) is 10.7. The topological polar surface area (TPSA) is 41.5 Å². The number of carbonyl (C=O) groups is 1. The molecule has 5 rings (SSSR count). The van der Waals surface area contributed by atoms with Crippen LogP contribution in [0.5, 0.6) is 0 Å². The van der Waals surface area contributed by atoms with E-state index in [1.54, 1.807) is 11.3 Å². The summed E-state index contributed by atoms with van der Waals surface area (Å²) in [5.41, 5.74) is 5.74. The van der Waals surface area contributed by atoms with Gasteiger partial charge in [-0.05, 0) is 36.8 Å². The van der Waals surface area contributed by atoms with E-state index in [1.165, 1.54) is 23.3 Å². The minimum Gasteiger partial charge on any atom is -0.315 e. The molecule has 0 spiro atoms. The van der Waals surface area contributed by atoms with Gasteiger partial charge in [-0.2, -0.15) is 0 Å². The fourth-order valence-corrected chi connectivity index (χ4v) is 5.46. The van der Waals surface area contributed by atoms with Crippen molar-refractivity contribution < 1.29 is 4.79 Å². The van der Waals surface area contributed by atoms with Crippen molar-refractivity contribution in [1.82, 2.24) is 0 Å². The van der Waals surface area contributed by atoms with Crippen LogP contribution in [-0.4, -0.2) is 17.7 Å². The van der Waals surface area contributed by atoms with Gasteiger partial charge in [0.15, 0.2) is 0 Å². The number of aliphatic imine (C=N–C) groups is 1. The molecule has 4 heteroatoms. The normalized spacial score (nSPS) is 18.5. The summed E-state index contributed by atoms with van der Waals surface area (Å²) in [5.74, 6) is -0.00497. The molecule has 1 aliphatic carbocycles. The van der Waals surface area contributed by atoms with Crippen molar-refractivity contribution in [1.29, 1.82) is 0 Å². The second kappa shape index (κ2) is 7.36. The monoisotopic (exact) mass is 386 g/mol. The number of benzene rings is 2. The summed E-state index contributed by atoms with van der Waals surface area (Å²) >= 11 is 1.75. The molecule has 0 unspecified atom stereocenters. The Labute approximate surface area is 169 Å². The van der Waals surface area contributed by atoms with E-state index in [0.717, 1.165) is 40.2 Å². The van der Waals surface area contributed by atoms with Crippen LogP contribution in [0.25, 0.3) is 0 Å². The number of hydrogen-bond acceptors (Lipinski definition) is 3. The molecular formula is C24H22N2OS. The molecule has 2 aliphatic rings. The Morgan fingerprint density at radius 2 is 1.68 bits per heavy atom. The van der Waals surface area contributed by atoms with Crippen LogP contribution in [0, 0.1) is 0 Å². The van der Waals surface area contributed by atoms with Crippen LogP contribution in [0.2, 0.25) is 0 Å². The smallest absolute Gasteiger partial charge is 0.250 e. The maximum Gasteiger partial charge on any atom is 0.250 e. The van der Waals surface area contributed by atoms with Crippen LogP contribution in [0.15, 0.2) is 65.7 Å². The second-order valence-corrected chi connectivity index (χ2v) is 8.56. The maximum absolute atomic E-state index is 13.1. The van der Waals surface area contributed by atoms with Crippen molar-refractivity contribution in [3.05, 3.63) is 87.8 Å². The van der Waals surface area contributed by atoms with E-state index in [9.17, 15) is 4.79 Å². The third-order valence-electron chi connectivity index (χ3n) is 5.55. The first kappa shape index (κ1) is 17.4. The maximum atomic E-state index is 13.1. The molecule has 1 aromatic heterocycles. The molecule has 1 atom stereocenters. The number of fused-ring (bicyclic) bond motifs is 3. The average molecular weight is 387 g/mol. The van der Waals surface area contributed by atoms with E-state index in [-0.39, 0.29) is 5.91 Å². The van der Waals surface area contributed by atoms with Crippen molar-refractivity contribution >= 4 is 28.0 Å². The van der Waals surface area contributed by atoms with Crippen molar-refractivity contribution in [3.8, 4) is 0 Å². The van der Waals surface area contributed by atoms with Gasteiger partial charge in [0.1, 0.15) is 11.0 Å². The van der Waals surface area contributed by atoms with Gasteiger partial charge in [0.2, 0.25) is 5.91 Å². The van der Waals surface area contributed by atoms with E-state index in [0.29, 0.717) is 6.42 Å². The zero-order valence-corrected chi connectivity index (χ0v) is 16.5. The Bertz CT molecular complexity index is 1040. The van der Waals surface area contributed by atoms with Gasteiger partial charge in [0.05, 0.1) is 5.71 Å². The predicted molar refractivity (Wildman–Crippen MR) is 116 cm³/mol. The molecule has 3 nitrogen and oxygen atoms in total. The molecule has 0 bridgehead atoms. The van der Waals surface area contributed by atoms with Gasteiger partial charge in [-0.1, -0.05) is 60.7 Å². The molecule has 1 aliphatic heterocycles.